The standard InChI is InChI=1S/C18H15FN2O5S/c1-12(18(23)13-6-8-15(19)9-7-13)26-17(22)11-21-27(24,25)16-5-3-2-4-14(16)10-20/h2-9,12,21H,11H2,1H3/t12-/m1/s1. The zero-order valence-corrected chi connectivity index (χ0v) is 15.0. The van der Waals surface area contributed by atoms with Crippen LogP contribution in [-0.4, -0.2) is 32.8 Å². The summed E-state index contributed by atoms with van der Waals surface area (Å²) in [6, 6.07) is 12.0. The molecule has 0 saturated carbocycles. The predicted molar refractivity (Wildman–Crippen MR) is 92.6 cm³/mol. The number of hydrogen-bond donors (Lipinski definition) is 1. The Balaban J connectivity index is 1.98. The molecule has 2 rings (SSSR count). The number of ether oxygens (including phenoxy) is 1. The SMILES string of the molecule is C[C@@H](OC(=O)CNS(=O)(=O)c1ccccc1C#N)C(=O)c1ccc(F)cc1. The minimum Gasteiger partial charge on any atom is -0.453 e. The van der Waals surface area contributed by atoms with Crippen molar-refractivity contribution in [2.24, 2.45) is 0 Å². The monoisotopic (exact) mass is 390 g/mol. The first-order valence-corrected chi connectivity index (χ1v) is 9.21. The van der Waals surface area contributed by atoms with Crippen molar-refractivity contribution in [3.05, 3.63) is 65.5 Å². The number of carbonyl (C=O) groups is 2. The van der Waals surface area contributed by atoms with Crippen molar-refractivity contribution in [1.82, 2.24) is 4.72 Å². The number of nitriles is 1. The first-order valence-electron chi connectivity index (χ1n) is 7.72. The Bertz CT molecular complexity index is 997. The second-order valence-electron chi connectivity index (χ2n) is 5.44. The molecule has 0 aromatic heterocycles. The van der Waals surface area contributed by atoms with E-state index in [0.29, 0.717) is 0 Å². The molecule has 0 aliphatic heterocycles. The summed E-state index contributed by atoms with van der Waals surface area (Å²) < 4.78 is 44.3. The zero-order chi connectivity index (χ0) is 20.0. The summed E-state index contributed by atoms with van der Waals surface area (Å²) in [6.07, 6.45) is -1.18. The van der Waals surface area contributed by atoms with Gasteiger partial charge >= 0.3 is 5.97 Å². The fraction of sp³-hybridized carbons (Fsp3) is 0.167. The molecular formula is C18H15FN2O5S. The molecule has 0 aliphatic rings. The quantitative estimate of drug-likeness (QED) is 0.570. The molecule has 140 valence electrons. The number of hydrogen-bond acceptors (Lipinski definition) is 6. The molecule has 0 bridgehead atoms. The van der Waals surface area contributed by atoms with Crippen LogP contribution in [0.5, 0.6) is 0 Å². The maximum atomic E-state index is 12.9. The molecule has 1 N–H and O–H groups in total. The van der Waals surface area contributed by atoms with Crippen LogP contribution in [0.25, 0.3) is 0 Å². The van der Waals surface area contributed by atoms with Gasteiger partial charge in [-0.05, 0) is 43.3 Å². The van der Waals surface area contributed by atoms with Crippen LogP contribution in [0.15, 0.2) is 53.4 Å². The Kier molecular flexibility index (Phi) is 6.39. The van der Waals surface area contributed by atoms with Gasteiger partial charge in [0, 0.05) is 5.56 Å². The summed E-state index contributed by atoms with van der Waals surface area (Å²) in [5.41, 5.74) is 0.0819. The van der Waals surface area contributed by atoms with E-state index in [1.165, 1.54) is 43.3 Å². The van der Waals surface area contributed by atoms with Crippen LogP contribution in [0.1, 0.15) is 22.8 Å². The first kappa shape index (κ1) is 20.2. The normalized spacial score (nSPS) is 12.0. The Morgan fingerprint density at radius 3 is 2.44 bits per heavy atom. The highest BCUT2D eigenvalue weighted by Crippen LogP contribution is 2.14. The molecule has 1 atom stereocenters. The minimum atomic E-state index is -4.11. The third-order valence-electron chi connectivity index (χ3n) is 3.51. The highest BCUT2D eigenvalue weighted by molar-refractivity contribution is 7.89. The fourth-order valence-electron chi connectivity index (χ4n) is 2.17. The molecule has 0 spiro atoms. The van der Waals surface area contributed by atoms with Gasteiger partial charge in [-0.1, -0.05) is 12.1 Å². The van der Waals surface area contributed by atoms with Crippen molar-refractivity contribution in [3.8, 4) is 6.07 Å². The molecule has 2 aromatic carbocycles. The van der Waals surface area contributed by atoms with Crippen molar-refractivity contribution in [3.63, 3.8) is 0 Å². The van der Waals surface area contributed by atoms with Crippen LogP contribution < -0.4 is 4.72 Å². The number of esters is 1. The molecule has 0 saturated heterocycles. The molecule has 7 nitrogen and oxygen atoms in total. The van der Waals surface area contributed by atoms with Gasteiger partial charge in [-0.2, -0.15) is 9.98 Å². The summed E-state index contributed by atoms with van der Waals surface area (Å²) in [7, 11) is -4.11. The number of rotatable bonds is 7. The van der Waals surface area contributed by atoms with E-state index < -0.39 is 40.2 Å². The molecule has 0 heterocycles. The first-order chi connectivity index (χ1) is 12.7. The van der Waals surface area contributed by atoms with Gasteiger partial charge in [0.15, 0.2) is 6.10 Å². The third-order valence-corrected chi connectivity index (χ3v) is 4.97. The van der Waals surface area contributed by atoms with E-state index in [-0.39, 0.29) is 16.0 Å². The lowest BCUT2D eigenvalue weighted by molar-refractivity contribution is -0.144. The topological polar surface area (TPSA) is 113 Å². The lowest BCUT2D eigenvalue weighted by Crippen LogP contribution is -2.34. The summed E-state index contributed by atoms with van der Waals surface area (Å²) in [6.45, 7) is 0.603. The van der Waals surface area contributed by atoms with E-state index >= 15 is 0 Å². The fourth-order valence-corrected chi connectivity index (χ4v) is 3.29. The van der Waals surface area contributed by atoms with Crippen molar-refractivity contribution in [2.45, 2.75) is 17.9 Å². The number of nitrogens with zero attached hydrogens (tertiary/aromatic N) is 1. The molecule has 0 aliphatic carbocycles. The number of sulfonamides is 1. The summed E-state index contributed by atoms with van der Waals surface area (Å²) in [5.74, 6) is -2.04. The second kappa shape index (κ2) is 8.53. The van der Waals surface area contributed by atoms with Crippen LogP contribution in [0.2, 0.25) is 0 Å². The van der Waals surface area contributed by atoms with Crippen LogP contribution in [0.3, 0.4) is 0 Å². The molecule has 0 amide bonds. The van der Waals surface area contributed by atoms with Crippen LogP contribution in [0, 0.1) is 17.1 Å². The van der Waals surface area contributed by atoms with E-state index in [1.807, 2.05) is 4.72 Å². The molecular weight excluding hydrogens is 375 g/mol. The Morgan fingerprint density at radius 2 is 1.81 bits per heavy atom. The number of benzene rings is 2. The van der Waals surface area contributed by atoms with Gasteiger partial charge in [0.2, 0.25) is 15.8 Å². The number of nitrogens with one attached hydrogen (secondary N) is 1. The predicted octanol–water partition coefficient (Wildman–Crippen LogP) is 1.79. The van der Waals surface area contributed by atoms with Crippen LogP contribution in [0.4, 0.5) is 4.39 Å². The van der Waals surface area contributed by atoms with E-state index in [0.717, 1.165) is 12.1 Å². The summed E-state index contributed by atoms with van der Waals surface area (Å²) >= 11 is 0. The lowest BCUT2D eigenvalue weighted by Gasteiger charge is -2.13. The smallest absolute Gasteiger partial charge is 0.321 e. The van der Waals surface area contributed by atoms with Gasteiger partial charge < -0.3 is 4.74 Å². The minimum absolute atomic E-state index is 0.0711. The third kappa shape index (κ3) is 5.20. The number of carbonyl (C=O) groups excluding carboxylic acids is 2. The average molecular weight is 390 g/mol. The van der Waals surface area contributed by atoms with E-state index in [1.54, 1.807) is 6.07 Å². The van der Waals surface area contributed by atoms with Crippen molar-refractivity contribution < 1.29 is 27.1 Å². The van der Waals surface area contributed by atoms with Gasteiger partial charge in [0.1, 0.15) is 18.4 Å². The van der Waals surface area contributed by atoms with Gasteiger partial charge in [-0.25, -0.2) is 12.8 Å². The highest BCUT2D eigenvalue weighted by atomic mass is 32.2. The number of ketones is 1. The van der Waals surface area contributed by atoms with E-state index in [2.05, 4.69) is 0 Å². The molecule has 0 unspecified atom stereocenters. The number of halogens is 1. The lowest BCUT2D eigenvalue weighted by atomic mass is 10.1. The van der Waals surface area contributed by atoms with Gasteiger partial charge in [0.25, 0.3) is 0 Å². The Labute approximate surface area is 155 Å². The highest BCUT2D eigenvalue weighted by Gasteiger charge is 2.23. The van der Waals surface area contributed by atoms with Crippen LogP contribution >= 0.6 is 0 Å². The zero-order valence-electron chi connectivity index (χ0n) is 14.2. The average Bonchev–Trinajstić information content (AvgIpc) is 2.66. The maximum Gasteiger partial charge on any atom is 0.321 e. The van der Waals surface area contributed by atoms with Gasteiger partial charge in [-0.15, -0.1) is 0 Å². The van der Waals surface area contributed by atoms with Crippen molar-refractivity contribution in [2.75, 3.05) is 6.54 Å². The van der Waals surface area contributed by atoms with Crippen LogP contribution in [-0.2, 0) is 19.6 Å². The molecule has 0 radical (unpaired) electrons. The van der Waals surface area contributed by atoms with Crippen molar-refractivity contribution in [1.29, 1.82) is 5.26 Å². The summed E-state index contributed by atoms with van der Waals surface area (Å²) in [5, 5.41) is 8.97. The van der Waals surface area contributed by atoms with Crippen molar-refractivity contribution >= 4 is 21.8 Å². The van der Waals surface area contributed by atoms with E-state index in [4.69, 9.17) is 10.00 Å². The molecule has 2 aromatic rings. The Morgan fingerprint density at radius 1 is 1.19 bits per heavy atom. The summed E-state index contributed by atoms with van der Waals surface area (Å²) in [4.78, 5) is 23.7. The second-order valence-corrected chi connectivity index (χ2v) is 7.17. The van der Waals surface area contributed by atoms with E-state index in [9.17, 15) is 22.4 Å². The maximum absolute atomic E-state index is 12.9. The largest absolute Gasteiger partial charge is 0.453 e. The molecule has 0 fully saturated rings. The van der Waals surface area contributed by atoms with Gasteiger partial charge in [0.05, 0.1) is 10.5 Å². The molecule has 9 heteroatoms. The molecule has 27 heavy (non-hydrogen) atoms. The van der Waals surface area contributed by atoms with Gasteiger partial charge in [-0.3, -0.25) is 9.59 Å². The Hall–Kier alpha value is -3.09. The number of Topliss-reactive ketones (excluding diaryl/α,β-unsaturated/α-hetero) is 1.